The molecule has 0 unspecified atom stereocenters. The summed E-state index contributed by atoms with van der Waals surface area (Å²) in [6.45, 7) is 6.34. The molecule has 0 radical (unpaired) electrons. The van der Waals surface area contributed by atoms with E-state index in [0.29, 0.717) is 22.4 Å². The van der Waals surface area contributed by atoms with E-state index >= 15 is 0 Å². The van der Waals surface area contributed by atoms with E-state index in [2.05, 4.69) is 32.0 Å². The minimum absolute atomic E-state index is 0.463. The van der Waals surface area contributed by atoms with Gasteiger partial charge in [0.2, 0.25) is 0 Å². The van der Waals surface area contributed by atoms with Gasteiger partial charge >= 0.3 is 0 Å². The number of halogens is 1. The summed E-state index contributed by atoms with van der Waals surface area (Å²) < 4.78 is 5.90. The molecular weight excluding hydrogens is 258 g/mol. The van der Waals surface area contributed by atoms with Gasteiger partial charge in [0.15, 0.2) is 0 Å². The van der Waals surface area contributed by atoms with Crippen LogP contribution in [0.25, 0.3) is 0 Å². The third-order valence-electron chi connectivity index (χ3n) is 3.07. The topological polar surface area (TPSA) is 35.2 Å². The Morgan fingerprint density at radius 3 is 2.42 bits per heavy atom. The fourth-order valence-corrected chi connectivity index (χ4v) is 2.00. The number of anilines is 1. The number of hydrogen-bond donors (Lipinski definition) is 1. The van der Waals surface area contributed by atoms with Crippen LogP contribution in [0.4, 0.5) is 5.69 Å². The quantitative estimate of drug-likeness (QED) is 0.787. The molecule has 2 rings (SSSR count). The zero-order chi connectivity index (χ0) is 14.0. The van der Waals surface area contributed by atoms with E-state index in [-0.39, 0.29) is 0 Å². The van der Waals surface area contributed by atoms with Crippen molar-refractivity contribution < 1.29 is 4.74 Å². The maximum Gasteiger partial charge on any atom is 0.150 e. The van der Waals surface area contributed by atoms with Crippen LogP contribution in [-0.4, -0.2) is 0 Å². The molecule has 3 heteroatoms. The van der Waals surface area contributed by atoms with E-state index in [1.54, 1.807) is 18.2 Å². The summed E-state index contributed by atoms with van der Waals surface area (Å²) in [5.41, 5.74) is 8.78. The first-order valence-electron chi connectivity index (χ1n) is 6.31. The Balaban J connectivity index is 2.34. The normalized spacial score (nSPS) is 10.8. The van der Waals surface area contributed by atoms with Crippen LogP contribution in [0, 0.1) is 6.92 Å². The van der Waals surface area contributed by atoms with Gasteiger partial charge in [-0.3, -0.25) is 0 Å². The molecule has 100 valence electrons. The predicted molar refractivity (Wildman–Crippen MR) is 81.2 cm³/mol. The van der Waals surface area contributed by atoms with Gasteiger partial charge in [0.1, 0.15) is 11.5 Å². The summed E-state index contributed by atoms with van der Waals surface area (Å²) >= 11 is 5.88. The predicted octanol–water partition coefficient (Wildman–Crippen LogP) is 5.15. The Hall–Kier alpha value is -1.67. The van der Waals surface area contributed by atoms with Gasteiger partial charge in [-0.2, -0.15) is 0 Å². The molecule has 0 heterocycles. The van der Waals surface area contributed by atoms with Crippen LogP contribution >= 0.6 is 11.6 Å². The molecule has 2 aromatic rings. The smallest absolute Gasteiger partial charge is 0.150 e. The standard InChI is InChI=1S/C16H18ClNO/c1-10(2)12-5-4-11(3)16(8-12)19-15-7-6-13(17)9-14(15)18/h4-10H,18H2,1-3H3. The fraction of sp³-hybridized carbons (Fsp3) is 0.250. The van der Waals surface area contributed by atoms with Crippen LogP contribution in [0.15, 0.2) is 36.4 Å². The van der Waals surface area contributed by atoms with E-state index < -0.39 is 0 Å². The Morgan fingerprint density at radius 1 is 1.05 bits per heavy atom. The fourth-order valence-electron chi connectivity index (χ4n) is 1.82. The lowest BCUT2D eigenvalue weighted by molar-refractivity contribution is 0.480. The van der Waals surface area contributed by atoms with Crippen molar-refractivity contribution in [1.82, 2.24) is 0 Å². The molecule has 0 aliphatic carbocycles. The minimum atomic E-state index is 0.463. The average molecular weight is 276 g/mol. The number of ether oxygens (including phenoxy) is 1. The second-order valence-corrected chi connectivity index (χ2v) is 5.40. The van der Waals surface area contributed by atoms with Gasteiger partial charge in [0, 0.05) is 5.02 Å². The highest BCUT2D eigenvalue weighted by Gasteiger charge is 2.08. The van der Waals surface area contributed by atoms with Crippen molar-refractivity contribution in [3.8, 4) is 11.5 Å². The molecule has 19 heavy (non-hydrogen) atoms. The van der Waals surface area contributed by atoms with Crippen LogP contribution in [0.1, 0.15) is 30.9 Å². The van der Waals surface area contributed by atoms with Gasteiger partial charge in [0.05, 0.1) is 5.69 Å². The number of rotatable bonds is 3. The first-order valence-corrected chi connectivity index (χ1v) is 6.68. The molecule has 0 saturated heterocycles. The van der Waals surface area contributed by atoms with Crippen molar-refractivity contribution in [1.29, 1.82) is 0 Å². The molecular formula is C16H18ClNO. The van der Waals surface area contributed by atoms with Crippen LogP contribution in [0.3, 0.4) is 0 Å². The second kappa shape index (κ2) is 5.54. The summed E-state index contributed by atoms with van der Waals surface area (Å²) in [7, 11) is 0. The summed E-state index contributed by atoms with van der Waals surface area (Å²) in [6.07, 6.45) is 0. The van der Waals surface area contributed by atoms with Crippen molar-refractivity contribution >= 4 is 17.3 Å². The van der Waals surface area contributed by atoms with Gasteiger partial charge in [-0.15, -0.1) is 0 Å². The van der Waals surface area contributed by atoms with Crippen molar-refractivity contribution in [2.24, 2.45) is 0 Å². The van der Waals surface area contributed by atoms with Crippen LogP contribution < -0.4 is 10.5 Å². The van der Waals surface area contributed by atoms with Crippen molar-refractivity contribution in [3.05, 3.63) is 52.5 Å². The van der Waals surface area contributed by atoms with Gasteiger partial charge < -0.3 is 10.5 Å². The Labute approximate surface area is 119 Å². The molecule has 0 aliphatic rings. The number of aryl methyl sites for hydroxylation is 1. The maximum absolute atomic E-state index is 5.91. The third kappa shape index (κ3) is 3.21. The lowest BCUT2D eigenvalue weighted by Crippen LogP contribution is -1.95. The summed E-state index contributed by atoms with van der Waals surface area (Å²) in [5, 5.41) is 0.609. The molecule has 2 nitrogen and oxygen atoms in total. The monoisotopic (exact) mass is 275 g/mol. The largest absolute Gasteiger partial charge is 0.455 e. The Kier molecular flexibility index (Phi) is 4.01. The van der Waals surface area contributed by atoms with Gasteiger partial charge in [-0.1, -0.05) is 37.6 Å². The molecule has 2 N–H and O–H groups in total. The molecule has 0 amide bonds. The lowest BCUT2D eigenvalue weighted by atomic mass is 10.0. The summed E-state index contributed by atoms with van der Waals surface area (Å²) in [6, 6.07) is 11.5. The second-order valence-electron chi connectivity index (χ2n) is 4.96. The lowest BCUT2D eigenvalue weighted by Gasteiger charge is -2.14. The van der Waals surface area contributed by atoms with E-state index in [1.807, 2.05) is 6.92 Å². The van der Waals surface area contributed by atoms with Gasteiger partial charge in [0.25, 0.3) is 0 Å². The molecule has 0 atom stereocenters. The van der Waals surface area contributed by atoms with Crippen LogP contribution in [0.5, 0.6) is 11.5 Å². The Morgan fingerprint density at radius 2 is 1.79 bits per heavy atom. The molecule has 0 aliphatic heterocycles. The van der Waals surface area contributed by atoms with Crippen molar-refractivity contribution in [3.63, 3.8) is 0 Å². The van der Waals surface area contributed by atoms with Crippen LogP contribution in [0.2, 0.25) is 5.02 Å². The van der Waals surface area contributed by atoms with Crippen molar-refractivity contribution in [2.75, 3.05) is 5.73 Å². The first-order chi connectivity index (χ1) is 8.97. The summed E-state index contributed by atoms with van der Waals surface area (Å²) in [5.74, 6) is 1.93. The molecule has 0 saturated carbocycles. The molecule has 0 bridgehead atoms. The summed E-state index contributed by atoms with van der Waals surface area (Å²) in [4.78, 5) is 0. The zero-order valence-electron chi connectivity index (χ0n) is 11.4. The third-order valence-corrected chi connectivity index (χ3v) is 3.31. The molecule has 0 aromatic heterocycles. The number of benzene rings is 2. The average Bonchev–Trinajstić information content (AvgIpc) is 2.34. The number of nitrogen functional groups attached to an aromatic ring is 1. The SMILES string of the molecule is Cc1ccc(C(C)C)cc1Oc1ccc(Cl)cc1N. The first kappa shape index (κ1) is 13.8. The number of nitrogens with two attached hydrogens (primary N) is 1. The molecule has 0 fully saturated rings. The highest BCUT2D eigenvalue weighted by atomic mass is 35.5. The van der Waals surface area contributed by atoms with E-state index in [9.17, 15) is 0 Å². The van der Waals surface area contributed by atoms with Crippen LogP contribution in [-0.2, 0) is 0 Å². The zero-order valence-corrected chi connectivity index (χ0v) is 12.2. The minimum Gasteiger partial charge on any atom is -0.455 e. The molecule has 0 spiro atoms. The van der Waals surface area contributed by atoms with E-state index in [4.69, 9.17) is 22.1 Å². The molecule has 2 aromatic carbocycles. The Bertz CT molecular complexity index is 593. The number of hydrogen-bond acceptors (Lipinski definition) is 2. The maximum atomic E-state index is 5.91. The van der Waals surface area contributed by atoms with Crippen molar-refractivity contribution in [2.45, 2.75) is 26.7 Å². The highest BCUT2D eigenvalue weighted by Crippen LogP contribution is 2.33. The van der Waals surface area contributed by atoms with E-state index in [1.165, 1.54) is 5.56 Å². The van der Waals surface area contributed by atoms with Gasteiger partial charge in [-0.05, 0) is 48.2 Å². The highest BCUT2D eigenvalue weighted by molar-refractivity contribution is 6.30. The van der Waals surface area contributed by atoms with E-state index in [0.717, 1.165) is 11.3 Å². The van der Waals surface area contributed by atoms with Gasteiger partial charge in [-0.25, -0.2) is 0 Å².